The average molecular weight is 255 g/mol. The summed E-state index contributed by atoms with van der Waals surface area (Å²) in [6.07, 6.45) is 3.86. The number of piperidine rings is 1. The lowest BCUT2D eigenvalue weighted by molar-refractivity contribution is -0.175. The van der Waals surface area contributed by atoms with E-state index in [9.17, 15) is 4.79 Å². The van der Waals surface area contributed by atoms with Gasteiger partial charge in [-0.2, -0.15) is 0 Å². The molecule has 0 bridgehead atoms. The van der Waals surface area contributed by atoms with Crippen LogP contribution >= 0.6 is 0 Å². The van der Waals surface area contributed by atoms with Crippen molar-refractivity contribution in [2.75, 3.05) is 13.1 Å². The molecule has 0 atom stereocenters. The highest BCUT2D eigenvalue weighted by molar-refractivity contribution is 5.76. The molecule has 1 fully saturated rings. The first-order valence-corrected chi connectivity index (χ1v) is 7.30. The van der Waals surface area contributed by atoms with E-state index in [0.717, 1.165) is 38.8 Å². The summed E-state index contributed by atoms with van der Waals surface area (Å²) < 4.78 is 5.86. The number of hydrogen-bond acceptors (Lipinski definition) is 3. The molecule has 0 amide bonds. The Morgan fingerprint density at radius 1 is 1.17 bits per heavy atom. The SMILES string of the molecule is CCC(C)(CC)C(=O)OC(C)(C)C1CCNCC1. The molecule has 18 heavy (non-hydrogen) atoms. The normalized spacial score (nSPS) is 18.7. The first-order valence-electron chi connectivity index (χ1n) is 7.30. The van der Waals surface area contributed by atoms with Gasteiger partial charge < -0.3 is 10.1 Å². The van der Waals surface area contributed by atoms with Crippen molar-refractivity contribution in [3.8, 4) is 0 Å². The maximum absolute atomic E-state index is 12.3. The minimum absolute atomic E-state index is 0.0315. The fourth-order valence-corrected chi connectivity index (χ4v) is 2.50. The zero-order valence-electron chi connectivity index (χ0n) is 12.6. The quantitative estimate of drug-likeness (QED) is 0.767. The van der Waals surface area contributed by atoms with Crippen LogP contribution in [0.1, 0.15) is 60.3 Å². The van der Waals surface area contributed by atoms with Crippen molar-refractivity contribution >= 4 is 5.97 Å². The fraction of sp³-hybridized carbons (Fsp3) is 0.933. The summed E-state index contributed by atoms with van der Waals surface area (Å²) in [6.45, 7) is 12.3. The van der Waals surface area contributed by atoms with E-state index in [1.807, 2.05) is 6.92 Å². The zero-order valence-corrected chi connectivity index (χ0v) is 12.6. The van der Waals surface area contributed by atoms with Gasteiger partial charge in [0, 0.05) is 5.92 Å². The van der Waals surface area contributed by atoms with Gasteiger partial charge in [0.15, 0.2) is 0 Å². The third-order valence-electron chi connectivity index (χ3n) is 4.73. The molecule has 0 aliphatic carbocycles. The van der Waals surface area contributed by atoms with E-state index in [1.54, 1.807) is 0 Å². The van der Waals surface area contributed by atoms with Crippen LogP contribution in [0.25, 0.3) is 0 Å². The Labute approximate surface area is 112 Å². The van der Waals surface area contributed by atoms with Gasteiger partial charge in [-0.15, -0.1) is 0 Å². The summed E-state index contributed by atoms with van der Waals surface area (Å²) in [7, 11) is 0. The Bertz CT molecular complexity index is 276. The van der Waals surface area contributed by atoms with E-state index in [1.165, 1.54) is 0 Å². The van der Waals surface area contributed by atoms with Crippen molar-refractivity contribution in [1.29, 1.82) is 0 Å². The molecule has 1 aliphatic rings. The van der Waals surface area contributed by atoms with Crippen LogP contribution < -0.4 is 5.32 Å². The molecule has 1 rings (SSSR count). The van der Waals surface area contributed by atoms with Gasteiger partial charge in [-0.25, -0.2) is 0 Å². The molecule has 0 aromatic carbocycles. The van der Waals surface area contributed by atoms with Crippen LogP contribution in [0.15, 0.2) is 0 Å². The first kappa shape index (κ1) is 15.5. The molecule has 0 radical (unpaired) electrons. The smallest absolute Gasteiger partial charge is 0.312 e. The van der Waals surface area contributed by atoms with Crippen LogP contribution in [-0.4, -0.2) is 24.7 Å². The van der Waals surface area contributed by atoms with Crippen LogP contribution in [0, 0.1) is 11.3 Å². The molecule has 3 heteroatoms. The lowest BCUT2D eigenvalue weighted by Gasteiger charge is -2.39. The molecule has 0 unspecified atom stereocenters. The van der Waals surface area contributed by atoms with E-state index < -0.39 is 0 Å². The number of carbonyl (C=O) groups is 1. The molecule has 0 aromatic heterocycles. The second kappa shape index (κ2) is 6.05. The molecule has 0 spiro atoms. The topological polar surface area (TPSA) is 38.3 Å². The van der Waals surface area contributed by atoms with Crippen LogP contribution in [0.5, 0.6) is 0 Å². The molecule has 0 saturated carbocycles. The van der Waals surface area contributed by atoms with Gasteiger partial charge >= 0.3 is 5.97 Å². The van der Waals surface area contributed by atoms with Crippen LogP contribution in [-0.2, 0) is 9.53 Å². The van der Waals surface area contributed by atoms with Gasteiger partial charge in [-0.3, -0.25) is 4.79 Å². The van der Waals surface area contributed by atoms with Gasteiger partial charge in [0.1, 0.15) is 5.60 Å². The van der Waals surface area contributed by atoms with E-state index in [2.05, 4.69) is 33.0 Å². The molecule has 1 heterocycles. The van der Waals surface area contributed by atoms with E-state index >= 15 is 0 Å². The number of nitrogens with one attached hydrogen (secondary N) is 1. The summed E-state index contributed by atoms with van der Waals surface area (Å²) in [6, 6.07) is 0. The molecule has 1 aliphatic heterocycles. The molecular weight excluding hydrogens is 226 g/mol. The predicted molar refractivity (Wildman–Crippen MR) is 74.5 cm³/mol. The summed E-state index contributed by atoms with van der Waals surface area (Å²) in [5.74, 6) is 0.441. The lowest BCUT2D eigenvalue weighted by Crippen LogP contribution is -2.45. The van der Waals surface area contributed by atoms with Crippen molar-refractivity contribution < 1.29 is 9.53 Å². The number of carbonyl (C=O) groups excluding carboxylic acids is 1. The Morgan fingerprint density at radius 2 is 1.67 bits per heavy atom. The minimum Gasteiger partial charge on any atom is -0.459 e. The lowest BCUT2D eigenvalue weighted by atomic mass is 9.81. The second-order valence-electron chi connectivity index (χ2n) is 6.29. The molecule has 1 saturated heterocycles. The molecule has 1 N–H and O–H groups in total. The number of hydrogen-bond donors (Lipinski definition) is 1. The third kappa shape index (κ3) is 3.47. The standard InChI is InChI=1S/C15H29NO2/c1-6-15(5,7-2)13(17)18-14(3,4)12-8-10-16-11-9-12/h12,16H,6-11H2,1-5H3. The monoisotopic (exact) mass is 255 g/mol. The fourth-order valence-electron chi connectivity index (χ4n) is 2.50. The number of ether oxygens (including phenoxy) is 1. The first-order chi connectivity index (χ1) is 8.35. The van der Waals surface area contributed by atoms with E-state index in [0.29, 0.717) is 5.92 Å². The van der Waals surface area contributed by atoms with Crippen molar-refractivity contribution in [2.45, 2.75) is 65.9 Å². The third-order valence-corrected chi connectivity index (χ3v) is 4.73. The van der Waals surface area contributed by atoms with Gasteiger partial charge in [0.25, 0.3) is 0 Å². The number of rotatable bonds is 5. The maximum atomic E-state index is 12.3. The largest absolute Gasteiger partial charge is 0.459 e. The maximum Gasteiger partial charge on any atom is 0.312 e. The Hall–Kier alpha value is -0.570. The van der Waals surface area contributed by atoms with Gasteiger partial charge in [0.05, 0.1) is 5.41 Å². The highest BCUT2D eigenvalue weighted by Crippen LogP contribution is 2.34. The van der Waals surface area contributed by atoms with Gasteiger partial charge in [-0.1, -0.05) is 13.8 Å². The Morgan fingerprint density at radius 3 is 2.11 bits per heavy atom. The summed E-state index contributed by atoms with van der Waals surface area (Å²) in [5.41, 5.74) is -0.672. The molecule has 0 aromatic rings. The van der Waals surface area contributed by atoms with Crippen LogP contribution in [0.3, 0.4) is 0 Å². The van der Waals surface area contributed by atoms with Gasteiger partial charge in [0.2, 0.25) is 0 Å². The van der Waals surface area contributed by atoms with E-state index in [4.69, 9.17) is 4.74 Å². The van der Waals surface area contributed by atoms with Crippen molar-refractivity contribution in [2.24, 2.45) is 11.3 Å². The average Bonchev–Trinajstić information content (AvgIpc) is 2.38. The highest BCUT2D eigenvalue weighted by Gasteiger charge is 2.39. The van der Waals surface area contributed by atoms with Crippen molar-refractivity contribution in [3.05, 3.63) is 0 Å². The highest BCUT2D eigenvalue weighted by atomic mass is 16.6. The molecule has 3 nitrogen and oxygen atoms in total. The predicted octanol–water partition coefficient (Wildman–Crippen LogP) is 3.13. The zero-order chi connectivity index (χ0) is 13.8. The summed E-state index contributed by atoms with van der Waals surface area (Å²) >= 11 is 0. The van der Waals surface area contributed by atoms with Crippen LogP contribution in [0.4, 0.5) is 0 Å². The number of esters is 1. The van der Waals surface area contributed by atoms with E-state index in [-0.39, 0.29) is 17.0 Å². The second-order valence-corrected chi connectivity index (χ2v) is 6.29. The summed E-state index contributed by atoms with van der Waals surface area (Å²) in [4.78, 5) is 12.3. The summed E-state index contributed by atoms with van der Waals surface area (Å²) in [5, 5.41) is 3.35. The van der Waals surface area contributed by atoms with Crippen molar-refractivity contribution in [3.63, 3.8) is 0 Å². The van der Waals surface area contributed by atoms with Gasteiger partial charge in [-0.05, 0) is 59.5 Å². The Kier molecular flexibility index (Phi) is 5.20. The molecular formula is C15H29NO2. The van der Waals surface area contributed by atoms with Crippen LogP contribution in [0.2, 0.25) is 0 Å². The van der Waals surface area contributed by atoms with Crippen molar-refractivity contribution in [1.82, 2.24) is 5.32 Å². The Balaban J connectivity index is 2.66. The minimum atomic E-state index is -0.342. The molecule has 106 valence electrons.